The molecule has 0 saturated carbocycles. The molecule has 0 atom stereocenters. The minimum absolute atomic E-state index is 0.150. The van der Waals surface area contributed by atoms with Gasteiger partial charge in [-0.3, -0.25) is 4.79 Å². The molecule has 7 nitrogen and oxygen atoms in total. The number of halogens is 2. The van der Waals surface area contributed by atoms with Crippen molar-refractivity contribution in [3.8, 4) is 11.5 Å². The number of benzene rings is 2. The molecule has 3 aromatic rings. The van der Waals surface area contributed by atoms with E-state index in [1.165, 1.54) is 11.8 Å². The third-order valence-electron chi connectivity index (χ3n) is 3.82. The number of anilines is 1. The molecule has 0 aliphatic rings. The molecule has 10 heteroatoms. The lowest BCUT2D eigenvalue weighted by Gasteiger charge is -2.07. The van der Waals surface area contributed by atoms with E-state index in [4.69, 9.17) is 37.1 Å². The fourth-order valence-electron chi connectivity index (χ4n) is 2.42. The highest BCUT2D eigenvalue weighted by Crippen LogP contribution is 2.27. The summed E-state index contributed by atoms with van der Waals surface area (Å²) < 4.78 is 16.3. The van der Waals surface area contributed by atoms with Crippen molar-refractivity contribution in [2.24, 2.45) is 0 Å². The highest BCUT2D eigenvalue weighted by molar-refractivity contribution is 7.99. The Balaban J connectivity index is 1.38. The van der Waals surface area contributed by atoms with Crippen molar-refractivity contribution in [3.63, 3.8) is 0 Å². The zero-order chi connectivity index (χ0) is 21.3. The van der Waals surface area contributed by atoms with Gasteiger partial charge in [-0.15, -0.1) is 10.2 Å². The number of hydrogen-bond acceptors (Lipinski definition) is 7. The Bertz CT molecular complexity index is 1000. The van der Waals surface area contributed by atoms with Crippen LogP contribution in [0.5, 0.6) is 11.5 Å². The van der Waals surface area contributed by atoms with Gasteiger partial charge in [-0.2, -0.15) is 0 Å². The van der Waals surface area contributed by atoms with Crippen LogP contribution in [-0.4, -0.2) is 35.6 Å². The van der Waals surface area contributed by atoms with E-state index in [-0.39, 0.29) is 11.7 Å². The Kier molecular flexibility index (Phi) is 8.24. The van der Waals surface area contributed by atoms with Crippen molar-refractivity contribution in [2.75, 3.05) is 24.8 Å². The van der Waals surface area contributed by atoms with Crippen molar-refractivity contribution in [3.05, 3.63) is 58.4 Å². The first-order chi connectivity index (χ1) is 14.5. The molecular weight excluding hydrogens is 449 g/mol. The molecule has 1 N–H and O–H groups in total. The van der Waals surface area contributed by atoms with Gasteiger partial charge in [-0.1, -0.05) is 41.0 Å². The monoisotopic (exact) mass is 467 g/mol. The Hall–Kier alpha value is -2.42. The SMILES string of the molecule is COc1cccc(NC(=O)CSc2nnc(CCCOc3ccc(Cl)cc3Cl)o2)c1. The highest BCUT2D eigenvalue weighted by atomic mass is 35.5. The summed E-state index contributed by atoms with van der Waals surface area (Å²) in [6.45, 7) is 0.440. The third kappa shape index (κ3) is 6.83. The number of aryl methyl sites for hydroxylation is 1. The summed E-state index contributed by atoms with van der Waals surface area (Å²) in [4.78, 5) is 12.1. The van der Waals surface area contributed by atoms with E-state index in [0.717, 1.165) is 0 Å². The van der Waals surface area contributed by atoms with Crippen LogP contribution in [0.2, 0.25) is 10.0 Å². The fraction of sp³-hybridized carbons (Fsp3) is 0.250. The van der Waals surface area contributed by atoms with Crippen molar-refractivity contribution in [1.82, 2.24) is 10.2 Å². The number of aromatic nitrogens is 2. The Morgan fingerprint density at radius 3 is 2.87 bits per heavy atom. The topological polar surface area (TPSA) is 86.5 Å². The molecule has 0 unspecified atom stereocenters. The quantitative estimate of drug-likeness (QED) is 0.326. The van der Waals surface area contributed by atoms with Gasteiger partial charge >= 0.3 is 0 Å². The molecule has 0 aliphatic heterocycles. The number of nitrogens with one attached hydrogen (secondary N) is 1. The van der Waals surface area contributed by atoms with Crippen LogP contribution in [0.15, 0.2) is 52.1 Å². The number of hydrogen-bond donors (Lipinski definition) is 1. The Morgan fingerprint density at radius 2 is 2.07 bits per heavy atom. The van der Waals surface area contributed by atoms with Gasteiger partial charge < -0.3 is 19.2 Å². The zero-order valence-electron chi connectivity index (χ0n) is 16.1. The number of amides is 1. The highest BCUT2D eigenvalue weighted by Gasteiger charge is 2.11. The van der Waals surface area contributed by atoms with Crippen molar-refractivity contribution < 1.29 is 18.7 Å². The van der Waals surface area contributed by atoms with Crippen LogP contribution in [0, 0.1) is 0 Å². The normalized spacial score (nSPS) is 10.6. The van der Waals surface area contributed by atoms with E-state index in [0.29, 0.717) is 57.8 Å². The van der Waals surface area contributed by atoms with Crippen molar-refractivity contribution in [2.45, 2.75) is 18.1 Å². The predicted molar refractivity (Wildman–Crippen MR) is 117 cm³/mol. The van der Waals surface area contributed by atoms with E-state index in [1.54, 1.807) is 49.6 Å². The molecule has 1 amide bonds. The van der Waals surface area contributed by atoms with Gasteiger partial charge in [0.15, 0.2) is 0 Å². The Labute approximate surface area is 188 Å². The number of nitrogens with zero attached hydrogens (tertiary/aromatic N) is 2. The molecule has 0 radical (unpaired) electrons. The largest absolute Gasteiger partial charge is 0.497 e. The first-order valence-corrected chi connectivity index (χ1v) is 10.7. The second kappa shape index (κ2) is 11.1. The summed E-state index contributed by atoms with van der Waals surface area (Å²) in [7, 11) is 1.57. The van der Waals surface area contributed by atoms with Crippen LogP contribution in [0.25, 0.3) is 0 Å². The van der Waals surface area contributed by atoms with Crippen molar-refractivity contribution >= 4 is 46.6 Å². The molecule has 158 valence electrons. The maximum Gasteiger partial charge on any atom is 0.277 e. The fourth-order valence-corrected chi connectivity index (χ4v) is 3.46. The minimum atomic E-state index is -0.179. The average Bonchev–Trinajstić information content (AvgIpc) is 3.19. The van der Waals surface area contributed by atoms with E-state index in [1.807, 2.05) is 0 Å². The second-order valence-electron chi connectivity index (χ2n) is 6.06. The molecule has 0 spiro atoms. The molecule has 1 aromatic heterocycles. The number of thioether (sulfide) groups is 1. The molecule has 2 aromatic carbocycles. The lowest BCUT2D eigenvalue weighted by atomic mass is 10.3. The van der Waals surface area contributed by atoms with E-state index in [9.17, 15) is 4.79 Å². The standard InChI is InChI=1S/C20H19Cl2N3O4S/c1-27-15-5-2-4-14(11-15)23-18(26)12-30-20-25-24-19(29-20)6-3-9-28-17-8-7-13(21)10-16(17)22/h2,4-5,7-8,10-11H,3,6,9,12H2,1H3,(H,23,26). The number of methoxy groups -OCH3 is 1. The van der Waals surface area contributed by atoms with E-state index in [2.05, 4.69) is 15.5 Å². The van der Waals surface area contributed by atoms with Crippen LogP contribution in [0.1, 0.15) is 12.3 Å². The average molecular weight is 468 g/mol. The second-order valence-corrected chi connectivity index (χ2v) is 7.83. The van der Waals surface area contributed by atoms with Crippen LogP contribution in [-0.2, 0) is 11.2 Å². The van der Waals surface area contributed by atoms with Gasteiger partial charge in [-0.05, 0) is 36.8 Å². The van der Waals surface area contributed by atoms with Crippen LogP contribution < -0.4 is 14.8 Å². The molecule has 30 heavy (non-hydrogen) atoms. The molecule has 0 aliphatic carbocycles. The number of carbonyl (C=O) groups is 1. The van der Waals surface area contributed by atoms with Gasteiger partial charge in [0.05, 0.1) is 24.5 Å². The number of ether oxygens (including phenoxy) is 2. The molecule has 0 bridgehead atoms. The molecule has 0 fully saturated rings. The van der Waals surface area contributed by atoms with Crippen LogP contribution >= 0.6 is 35.0 Å². The summed E-state index contributed by atoms with van der Waals surface area (Å²) in [5, 5.41) is 12.1. The maximum atomic E-state index is 12.1. The van der Waals surface area contributed by atoms with Gasteiger partial charge in [0.1, 0.15) is 11.5 Å². The summed E-state index contributed by atoms with van der Waals surface area (Å²) in [6, 6.07) is 12.2. The van der Waals surface area contributed by atoms with Gasteiger partial charge in [0.25, 0.3) is 5.22 Å². The first kappa shape index (κ1) is 22.3. The van der Waals surface area contributed by atoms with Crippen LogP contribution in [0.3, 0.4) is 0 Å². The summed E-state index contributed by atoms with van der Waals surface area (Å²) in [6.07, 6.45) is 1.22. The minimum Gasteiger partial charge on any atom is -0.497 e. The lowest BCUT2D eigenvalue weighted by molar-refractivity contribution is -0.113. The smallest absolute Gasteiger partial charge is 0.277 e. The van der Waals surface area contributed by atoms with Gasteiger partial charge in [-0.25, -0.2) is 0 Å². The van der Waals surface area contributed by atoms with E-state index < -0.39 is 0 Å². The summed E-state index contributed by atoms with van der Waals surface area (Å²) in [5.41, 5.74) is 0.659. The molecular formula is C20H19Cl2N3O4S. The summed E-state index contributed by atoms with van der Waals surface area (Å²) in [5.74, 6) is 1.70. The lowest BCUT2D eigenvalue weighted by Crippen LogP contribution is -2.13. The van der Waals surface area contributed by atoms with E-state index >= 15 is 0 Å². The number of carbonyl (C=O) groups excluding carboxylic acids is 1. The molecule has 0 saturated heterocycles. The Morgan fingerprint density at radius 1 is 1.20 bits per heavy atom. The van der Waals surface area contributed by atoms with Crippen molar-refractivity contribution in [1.29, 1.82) is 0 Å². The number of rotatable bonds is 10. The van der Waals surface area contributed by atoms with Crippen LogP contribution in [0.4, 0.5) is 5.69 Å². The molecule has 1 heterocycles. The van der Waals surface area contributed by atoms with Gasteiger partial charge in [0.2, 0.25) is 11.8 Å². The predicted octanol–water partition coefficient (Wildman–Crippen LogP) is 5.13. The molecule has 3 rings (SSSR count). The van der Waals surface area contributed by atoms with Gasteiger partial charge in [0, 0.05) is 23.2 Å². The maximum absolute atomic E-state index is 12.1. The zero-order valence-corrected chi connectivity index (χ0v) is 18.4. The first-order valence-electron chi connectivity index (χ1n) is 9.00. The third-order valence-corrected chi connectivity index (χ3v) is 5.16. The summed E-state index contributed by atoms with van der Waals surface area (Å²) >= 11 is 13.1.